The molecular formula is C34H38ClN5O6S. The zero-order chi connectivity index (χ0) is 34.1. The van der Waals surface area contributed by atoms with E-state index < -0.39 is 23.3 Å². The first kappa shape index (κ1) is 33.8. The number of ether oxygens (including phenoxy) is 2. The molecule has 0 bridgehead atoms. The first-order chi connectivity index (χ1) is 22.1. The number of carboxylic acid groups (broad SMARTS) is 1. The molecule has 0 aliphatic rings. The Bertz CT molecular complexity index is 1920. The number of fused-ring (bicyclic) bond motifs is 1. The molecule has 0 fully saturated rings. The number of carboxylic acids is 1. The maximum atomic E-state index is 13.4. The lowest BCUT2D eigenvalue weighted by Gasteiger charge is -2.33. The van der Waals surface area contributed by atoms with Crippen LogP contribution >= 0.6 is 11.6 Å². The number of rotatable bonds is 12. The van der Waals surface area contributed by atoms with Gasteiger partial charge in [0.1, 0.15) is 5.75 Å². The molecule has 0 radical (unpaired) electrons. The second kappa shape index (κ2) is 13.3. The summed E-state index contributed by atoms with van der Waals surface area (Å²) in [7, 11) is 1.54. The zero-order valence-corrected chi connectivity index (χ0v) is 28.8. The van der Waals surface area contributed by atoms with Crippen molar-refractivity contribution in [3.05, 3.63) is 77.3 Å². The Balaban J connectivity index is 1.41. The Morgan fingerprint density at radius 3 is 2.40 bits per heavy atom. The lowest BCUT2D eigenvalue weighted by molar-refractivity contribution is -0.144. The van der Waals surface area contributed by atoms with Crippen LogP contribution in [0, 0.1) is 5.41 Å². The van der Waals surface area contributed by atoms with Gasteiger partial charge in [0, 0.05) is 16.7 Å². The predicted octanol–water partition coefficient (Wildman–Crippen LogP) is 7.69. The van der Waals surface area contributed by atoms with Crippen LogP contribution in [0.15, 0.2) is 66.7 Å². The molecule has 13 heteroatoms. The van der Waals surface area contributed by atoms with E-state index in [0.717, 1.165) is 23.2 Å². The number of hydrogen-bond donors (Lipinski definition) is 3. The first-order valence-electron chi connectivity index (χ1n) is 14.9. The number of hydrogen-bond acceptors (Lipinski definition) is 7. The summed E-state index contributed by atoms with van der Waals surface area (Å²) in [5, 5.41) is 17.8. The van der Waals surface area contributed by atoms with Gasteiger partial charge in [-0.05, 0) is 66.1 Å². The van der Waals surface area contributed by atoms with Crippen LogP contribution in [0.3, 0.4) is 0 Å². The number of aromatic amines is 1. The summed E-state index contributed by atoms with van der Waals surface area (Å²) in [6.07, 6.45) is -0.287. The van der Waals surface area contributed by atoms with Crippen molar-refractivity contribution < 1.29 is 27.8 Å². The van der Waals surface area contributed by atoms with E-state index in [1.165, 1.54) is 6.92 Å². The second-order valence-electron chi connectivity index (χ2n) is 13.1. The summed E-state index contributed by atoms with van der Waals surface area (Å²) < 4.78 is 34.9. The molecule has 0 aliphatic heterocycles. The summed E-state index contributed by atoms with van der Waals surface area (Å²) >= 11 is 4.26. The van der Waals surface area contributed by atoms with Crippen molar-refractivity contribution in [3.63, 3.8) is 0 Å². The lowest BCUT2D eigenvalue weighted by Crippen LogP contribution is -2.26. The highest BCUT2D eigenvalue weighted by molar-refractivity contribution is 7.82. The minimum absolute atomic E-state index is 0.0439. The van der Waals surface area contributed by atoms with E-state index in [-0.39, 0.29) is 22.3 Å². The molecule has 2 heterocycles. The van der Waals surface area contributed by atoms with Gasteiger partial charge in [-0.25, -0.2) is 9.78 Å². The highest BCUT2D eigenvalue weighted by atomic mass is 35.5. The highest BCUT2D eigenvalue weighted by Crippen LogP contribution is 2.40. The number of anilines is 1. The Morgan fingerprint density at radius 1 is 1.02 bits per heavy atom. The van der Waals surface area contributed by atoms with E-state index in [0.29, 0.717) is 33.5 Å². The fourth-order valence-corrected chi connectivity index (χ4v) is 6.50. The largest absolute Gasteiger partial charge is 0.496 e. The fourth-order valence-electron chi connectivity index (χ4n) is 5.61. The van der Waals surface area contributed by atoms with Crippen molar-refractivity contribution in [2.24, 2.45) is 5.41 Å². The number of benzene rings is 3. The molecule has 248 valence electrons. The molecule has 47 heavy (non-hydrogen) atoms. The molecule has 5 aromatic rings. The standard InChI is InChI=1S/C34H38ClN5O6S/c1-20(32(41)42)45-28-14-12-21(34(5,6)19-33(2,3)4)16-29(28)46-47(43)39-22-13-15-27(44-7)24(17-22)31-36-30-18-26(37-40(30)38-31)23-10-8-9-11-25(23)35/h8-18,20,37,39H,19H2,1-7H3,(H,41,42). The molecule has 0 aliphatic carbocycles. The zero-order valence-electron chi connectivity index (χ0n) is 27.3. The third-order valence-electron chi connectivity index (χ3n) is 7.45. The van der Waals surface area contributed by atoms with Crippen molar-refractivity contribution in [2.75, 3.05) is 11.8 Å². The molecule has 0 saturated heterocycles. The maximum Gasteiger partial charge on any atom is 0.344 e. The van der Waals surface area contributed by atoms with Crippen LogP contribution in [0.2, 0.25) is 5.02 Å². The minimum atomic E-state index is -2.10. The summed E-state index contributed by atoms with van der Waals surface area (Å²) in [6.45, 7) is 12.2. The van der Waals surface area contributed by atoms with Gasteiger partial charge in [0.2, 0.25) is 0 Å². The maximum absolute atomic E-state index is 13.4. The summed E-state index contributed by atoms with van der Waals surface area (Å²) in [4.78, 5) is 16.2. The SMILES string of the molecule is COc1ccc(NS(=O)Oc2cc(C(C)(C)CC(C)(C)C)ccc2OC(C)C(=O)O)cc1-c1nc2cc(-c3ccccc3Cl)[nH]n2n1. The molecule has 3 N–H and O–H groups in total. The van der Waals surface area contributed by atoms with Gasteiger partial charge >= 0.3 is 17.2 Å². The first-order valence-corrected chi connectivity index (χ1v) is 16.4. The van der Waals surface area contributed by atoms with Gasteiger partial charge in [0.15, 0.2) is 29.1 Å². The third-order valence-corrected chi connectivity index (χ3v) is 8.51. The molecule has 5 rings (SSSR count). The average molecular weight is 680 g/mol. The van der Waals surface area contributed by atoms with Crippen LogP contribution in [0.5, 0.6) is 17.2 Å². The topological polar surface area (TPSA) is 140 Å². The summed E-state index contributed by atoms with van der Waals surface area (Å²) in [5.41, 5.74) is 3.87. The molecule has 0 spiro atoms. The van der Waals surface area contributed by atoms with Gasteiger partial charge in [0.05, 0.1) is 24.1 Å². The van der Waals surface area contributed by atoms with Crippen LogP contribution in [0.4, 0.5) is 5.69 Å². The number of nitrogens with one attached hydrogen (secondary N) is 2. The van der Waals surface area contributed by atoms with E-state index in [1.807, 2.05) is 36.4 Å². The normalized spacial score (nSPS) is 13.3. The molecule has 0 saturated carbocycles. The number of H-pyrrole nitrogens is 1. The lowest BCUT2D eigenvalue weighted by atomic mass is 9.72. The smallest absolute Gasteiger partial charge is 0.344 e. The molecule has 0 amide bonds. The van der Waals surface area contributed by atoms with Crippen molar-refractivity contribution in [2.45, 2.75) is 59.5 Å². The van der Waals surface area contributed by atoms with Crippen molar-refractivity contribution >= 4 is 40.2 Å². The van der Waals surface area contributed by atoms with Crippen LogP contribution in [-0.4, -0.2) is 48.3 Å². The third kappa shape index (κ3) is 7.88. The number of halogens is 1. The van der Waals surface area contributed by atoms with Crippen LogP contribution in [0.25, 0.3) is 28.3 Å². The van der Waals surface area contributed by atoms with Gasteiger partial charge in [-0.3, -0.25) is 9.82 Å². The van der Waals surface area contributed by atoms with E-state index in [1.54, 1.807) is 42.1 Å². The Hall–Kier alpha value is -4.55. The van der Waals surface area contributed by atoms with E-state index in [4.69, 9.17) is 25.3 Å². The molecule has 2 atom stereocenters. The van der Waals surface area contributed by atoms with Gasteiger partial charge in [-0.2, -0.15) is 8.84 Å². The predicted molar refractivity (Wildman–Crippen MR) is 183 cm³/mol. The summed E-state index contributed by atoms with van der Waals surface area (Å²) in [5.74, 6) is 0.0590. The highest BCUT2D eigenvalue weighted by Gasteiger charge is 2.29. The minimum Gasteiger partial charge on any atom is -0.496 e. The van der Waals surface area contributed by atoms with Crippen molar-refractivity contribution in [1.29, 1.82) is 0 Å². The van der Waals surface area contributed by atoms with Gasteiger partial charge in [0.25, 0.3) is 0 Å². The number of methoxy groups -OCH3 is 1. The molecule has 11 nitrogen and oxygen atoms in total. The Kier molecular flexibility index (Phi) is 9.55. The van der Waals surface area contributed by atoms with Crippen molar-refractivity contribution in [3.8, 4) is 39.9 Å². The van der Waals surface area contributed by atoms with Crippen LogP contribution < -0.4 is 18.4 Å². The van der Waals surface area contributed by atoms with Gasteiger partial charge < -0.3 is 18.8 Å². The number of nitrogens with zero attached hydrogens (tertiary/aromatic N) is 3. The quantitative estimate of drug-likeness (QED) is 0.122. The van der Waals surface area contributed by atoms with Gasteiger partial charge in [-0.15, -0.1) is 5.10 Å². The van der Waals surface area contributed by atoms with E-state index >= 15 is 0 Å². The Morgan fingerprint density at radius 2 is 1.74 bits per heavy atom. The Labute approximate surface area is 281 Å². The second-order valence-corrected chi connectivity index (χ2v) is 14.3. The molecule has 2 unspecified atom stereocenters. The van der Waals surface area contributed by atoms with Gasteiger partial charge in [-0.1, -0.05) is 70.5 Å². The number of aliphatic carboxylic acids is 1. The average Bonchev–Trinajstić information content (AvgIpc) is 3.56. The molecule has 2 aromatic heterocycles. The molecular weight excluding hydrogens is 642 g/mol. The van der Waals surface area contributed by atoms with Crippen LogP contribution in [0.1, 0.15) is 53.5 Å². The van der Waals surface area contributed by atoms with E-state index in [2.05, 4.69) is 54.5 Å². The van der Waals surface area contributed by atoms with E-state index in [9.17, 15) is 14.1 Å². The monoisotopic (exact) mass is 679 g/mol. The summed E-state index contributed by atoms with van der Waals surface area (Å²) in [6, 6.07) is 19.7. The number of aromatic nitrogens is 4. The number of carbonyl (C=O) groups is 1. The fraction of sp³-hybridized carbons (Fsp3) is 0.324. The molecule has 3 aromatic carbocycles. The van der Waals surface area contributed by atoms with Crippen molar-refractivity contribution in [1.82, 2.24) is 19.8 Å². The van der Waals surface area contributed by atoms with Crippen LogP contribution in [-0.2, 0) is 21.5 Å².